The van der Waals surface area contributed by atoms with Crippen LogP contribution in [-0.4, -0.2) is 18.9 Å². The molecule has 1 heterocycles. The summed E-state index contributed by atoms with van der Waals surface area (Å²) < 4.78 is 42.9. The van der Waals surface area contributed by atoms with E-state index in [-0.39, 0.29) is 11.7 Å². The molecule has 3 aromatic rings. The lowest BCUT2D eigenvalue weighted by Gasteiger charge is -2.13. The zero-order valence-electron chi connectivity index (χ0n) is 16.7. The molecule has 0 aliphatic heterocycles. The lowest BCUT2D eigenvalue weighted by molar-refractivity contribution is -0.137. The standard InChI is InChI=1S/C22H21F3N4O2/c1-26-21(27-13-15-4-8-17(9-5-15)22(23,24)25)28-14-16-6-10-18(11-7-16)29-20(30)19-3-2-12-31-19/h2-12H,13-14H2,1H3,(H,29,30)(H2,26,27,28). The second-order valence-electron chi connectivity index (χ2n) is 6.60. The van der Waals surface area contributed by atoms with Gasteiger partial charge < -0.3 is 20.4 Å². The summed E-state index contributed by atoms with van der Waals surface area (Å²) in [5.74, 6) is 0.410. The van der Waals surface area contributed by atoms with E-state index in [2.05, 4.69) is 20.9 Å². The molecule has 0 bridgehead atoms. The molecule has 0 unspecified atom stereocenters. The van der Waals surface area contributed by atoms with E-state index in [1.165, 1.54) is 18.4 Å². The number of carbonyl (C=O) groups excluding carboxylic acids is 1. The zero-order chi connectivity index (χ0) is 22.3. The summed E-state index contributed by atoms with van der Waals surface area (Å²) in [5.41, 5.74) is 1.61. The van der Waals surface area contributed by atoms with Crippen molar-refractivity contribution in [3.05, 3.63) is 89.4 Å². The van der Waals surface area contributed by atoms with Gasteiger partial charge in [-0.25, -0.2) is 0 Å². The fraction of sp³-hybridized carbons (Fsp3) is 0.182. The van der Waals surface area contributed by atoms with E-state index in [1.807, 2.05) is 12.1 Å². The minimum Gasteiger partial charge on any atom is -0.459 e. The maximum Gasteiger partial charge on any atom is 0.416 e. The van der Waals surface area contributed by atoms with Gasteiger partial charge in [-0.1, -0.05) is 24.3 Å². The Morgan fingerprint density at radius 1 is 0.935 bits per heavy atom. The molecule has 9 heteroatoms. The molecule has 6 nitrogen and oxygen atoms in total. The molecule has 1 amide bonds. The van der Waals surface area contributed by atoms with Crippen molar-refractivity contribution in [2.75, 3.05) is 12.4 Å². The van der Waals surface area contributed by atoms with E-state index >= 15 is 0 Å². The van der Waals surface area contributed by atoms with Crippen LogP contribution in [0.4, 0.5) is 18.9 Å². The van der Waals surface area contributed by atoms with Crippen LogP contribution in [0.3, 0.4) is 0 Å². The Morgan fingerprint density at radius 3 is 2.00 bits per heavy atom. The Bertz CT molecular complexity index is 1010. The highest BCUT2D eigenvalue weighted by molar-refractivity contribution is 6.02. The van der Waals surface area contributed by atoms with Gasteiger partial charge in [0.25, 0.3) is 5.91 Å². The first-order valence-electron chi connectivity index (χ1n) is 9.39. The Morgan fingerprint density at radius 2 is 1.52 bits per heavy atom. The van der Waals surface area contributed by atoms with E-state index in [0.29, 0.717) is 30.3 Å². The molecule has 0 atom stereocenters. The zero-order valence-corrected chi connectivity index (χ0v) is 16.7. The van der Waals surface area contributed by atoms with Crippen LogP contribution in [0, 0.1) is 0 Å². The molecule has 3 rings (SSSR count). The Kier molecular flexibility index (Phi) is 6.96. The lowest BCUT2D eigenvalue weighted by atomic mass is 10.1. The lowest BCUT2D eigenvalue weighted by Crippen LogP contribution is -2.36. The summed E-state index contributed by atoms with van der Waals surface area (Å²) in [5, 5.41) is 8.93. The highest BCUT2D eigenvalue weighted by Gasteiger charge is 2.29. The summed E-state index contributed by atoms with van der Waals surface area (Å²) in [7, 11) is 1.61. The molecule has 3 N–H and O–H groups in total. The Hall–Kier alpha value is -3.75. The number of benzene rings is 2. The van der Waals surface area contributed by atoms with Gasteiger partial charge in [-0.3, -0.25) is 9.79 Å². The number of furan rings is 1. The topological polar surface area (TPSA) is 78.7 Å². The van der Waals surface area contributed by atoms with E-state index < -0.39 is 11.7 Å². The molecule has 31 heavy (non-hydrogen) atoms. The van der Waals surface area contributed by atoms with Gasteiger partial charge >= 0.3 is 6.18 Å². The van der Waals surface area contributed by atoms with Crippen molar-refractivity contribution in [3.8, 4) is 0 Å². The highest BCUT2D eigenvalue weighted by Crippen LogP contribution is 2.29. The van der Waals surface area contributed by atoms with Gasteiger partial charge in [-0.2, -0.15) is 13.2 Å². The molecular formula is C22H21F3N4O2. The number of guanidine groups is 1. The SMILES string of the molecule is CN=C(NCc1ccc(NC(=O)c2ccco2)cc1)NCc1ccc(C(F)(F)F)cc1. The average Bonchev–Trinajstić information content (AvgIpc) is 3.30. The first-order valence-corrected chi connectivity index (χ1v) is 9.39. The predicted octanol–water partition coefficient (Wildman–Crippen LogP) is 4.42. The summed E-state index contributed by atoms with van der Waals surface area (Å²) in [6.07, 6.45) is -2.91. The van der Waals surface area contributed by atoms with Crippen molar-refractivity contribution in [3.63, 3.8) is 0 Å². The molecule has 0 spiro atoms. The molecule has 0 fully saturated rings. The number of anilines is 1. The Balaban J connectivity index is 1.47. The number of halogens is 3. The molecule has 0 saturated heterocycles. The van der Waals surface area contributed by atoms with Crippen molar-refractivity contribution in [2.45, 2.75) is 19.3 Å². The molecule has 2 aromatic carbocycles. The number of rotatable bonds is 6. The quantitative estimate of drug-likeness (QED) is 0.400. The minimum absolute atomic E-state index is 0.230. The number of nitrogens with zero attached hydrogens (tertiary/aromatic N) is 1. The number of hydrogen-bond donors (Lipinski definition) is 3. The van der Waals surface area contributed by atoms with Gasteiger partial charge in [0.1, 0.15) is 0 Å². The van der Waals surface area contributed by atoms with Crippen LogP contribution in [0.2, 0.25) is 0 Å². The second-order valence-corrected chi connectivity index (χ2v) is 6.60. The molecule has 0 saturated carbocycles. The van der Waals surface area contributed by atoms with Gasteiger partial charge in [-0.15, -0.1) is 0 Å². The largest absolute Gasteiger partial charge is 0.459 e. The second kappa shape index (κ2) is 9.84. The summed E-state index contributed by atoms with van der Waals surface area (Å²) in [6.45, 7) is 0.800. The van der Waals surface area contributed by atoms with Crippen LogP contribution in [0.25, 0.3) is 0 Å². The average molecular weight is 430 g/mol. The van der Waals surface area contributed by atoms with Gasteiger partial charge in [0.2, 0.25) is 0 Å². The van der Waals surface area contributed by atoms with Crippen molar-refractivity contribution in [2.24, 2.45) is 4.99 Å². The van der Waals surface area contributed by atoms with Gasteiger partial charge in [-0.05, 0) is 47.5 Å². The molecular weight excluding hydrogens is 409 g/mol. The number of carbonyl (C=O) groups is 1. The van der Waals surface area contributed by atoms with Crippen molar-refractivity contribution in [1.82, 2.24) is 10.6 Å². The summed E-state index contributed by atoms with van der Waals surface area (Å²) in [4.78, 5) is 16.1. The van der Waals surface area contributed by atoms with E-state index in [4.69, 9.17) is 4.42 Å². The fourth-order valence-electron chi connectivity index (χ4n) is 2.71. The Labute approximate surface area is 177 Å². The third-order valence-corrected chi connectivity index (χ3v) is 4.38. The molecule has 0 aliphatic rings. The normalized spacial score (nSPS) is 11.8. The van der Waals surface area contributed by atoms with Crippen molar-refractivity contribution >= 4 is 17.6 Å². The predicted molar refractivity (Wildman–Crippen MR) is 112 cm³/mol. The molecule has 162 valence electrons. The van der Waals surface area contributed by atoms with Crippen LogP contribution in [-0.2, 0) is 19.3 Å². The van der Waals surface area contributed by atoms with Crippen LogP contribution in [0.1, 0.15) is 27.2 Å². The van der Waals surface area contributed by atoms with Gasteiger partial charge in [0.15, 0.2) is 11.7 Å². The minimum atomic E-state index is -4.35. The third kappa shape index (κ3) is 6.36. The highest BCUT2D eigenvalue weighted by atomic mass is 19.4. The van der Waals surface area contributed by atoms with E-state index in [1.54, 1.807) is 31.3 Å². The first-order chi connectivity index (χ1) is 14.8. The van der Waals surface area contributed by atoms with Gasteiger partial charge in [0, 0.05) is 25.8 Å². The number of amides is 1. The smallest absolute Gasteiger partial charge is 0.416 e. The van der Waals surface area contributed by atoms with Crippen LogP contribution in [0.5, 0.6) is 0 Å². The van der Waals surface area contributed by atoms with Crippen LogP contribution < -0.4 is 16.0 Å². The number of aliphatic imine (C=N–C) groups is 1. The van der Waals surface area contributed by atoms with E-state index in [9.17, 15) is 18.0 Å². The number of nitrogens with one attached hydrogen (secondary N) is 3. The fourth-order valence-corrected chi connectivity index (χ4v) is 2.71. The number of hydrogen-bond acceptors (Lipinski definition) is 3. The van der Waals surface area contributed by atoms with Crippen LogP contribution in [0.15, 0.2) is 76.3 Å². The van der Waals surface area contributed by atoms with Crippen molar-refractivity contribution < 1.29 is 22.4 Å². The summed E-state index contributed by atoms with van der Waals surface area (Å²) in [6, 6.07) is 15.4. The summed E-state index contributed by atoms with van der Waals surface area (Å²) >= 11 is 0. The first kappa shape index (κ1) is 21.9. The van der Waals surface area contributed by atoms with Gasteiger partial charge in [0.05, 0.1) is 11.8 Å². The van der Waals surface area contributed by atoms with Crippen molar-refractivity contribution in [1.29, 1.82) is 0 Å². The van der Waals surface area contributed by atoms with E-state index in [0.717, 1.165) is 17.7 Å². The molecule has 0 aliphatic carbocycles. The molecule has 1 aromatic heterocycles. The number of alkyl halides is 3. The molecule has 0 radical (unpaired) electrons. The third-order valence-electron chi connectivity index (χ3n) is 4.38. The monoisotopic (exact) mass is 430 g/mol. The maximum absolute atomic E-state index is 12.6. The maximum atomic E-state index is 12.6. The van der Waals surface area contributed by atoms with Crippen LogP contribution >= 0.6 is 0 Å².